The highest BCUT2D eigenvalue weighted by molar-refractivity contribution is 5.85. The summed E-state index contributed by atoms with van der Waals surface area (Å²) in [5.41, 5.74) is 0.686. The first-order valence-electron chi connectivity index (χ1n) is 4.58. The molecule has 2 rings (SSSR count). The van der Waals surface area contributed by atoms with Gasteiger partial charge in [0.1, 0.15) is 0 Å². The predicted molar refractivity (Wildman–Crippen MR) is 51.8 cm³/mol. The fraction of sp³-hybridized carbons (Fsp3) is 1.00. The number of hydrogen-bond donors (Lipinski definition) is 1. The van der Waals surface area contributed by atoms with Crippen molar-refractivity contribution in [2.45, 2.75) is 31.8 Å². The molecule has 1 N–H and O–H groups in total. The molecule has 2 nitrogen and oxygen atoms in total. The van der Waals surface area contributed by atoms with Crippen LogP contribution in [0.2, 0.25) is 0 Å². The Kier molecular flexibility index (Phi) is 3.38. The lowest BCUT2D eigenvalue weighted by atomic mass is 9.62. The van der Waals surface area contributed by atoms with E-state index in [9.17, 15) is 0 Å². The van der Waals surface area contributed by atoms with E-state index < -0.39 is 0 Å². The molecule has 0 bridgehead atoms. The summed E-state index contributed by atoms with van der Waals surface area (Å²) in [6.45, 7) is 2.44. The summed E-state index contributed by atoms with van der Waals surface area (Å²) in [5.74, 6) is 0. The molecule has 2 aliphatic rings. The molecule has 12 heavy (non-hydrogen) atoms. The van der Waals surface area contributed by atoms with Gasteiger partial charge in [0.25, 0.3) is 0 Å². The molecule has 72 valence electrons. The second-order valence-electron chi connectivity index (χ2n) is 4.02. The topological polar surface area (TPSA) is 21.3 Å². The molecule has 0 atom stereocenters. The molecule has 0 aromatic rings. The van der Waals surface area contributed by atoms with Gasteiger partial charge in [0.05, 0.1) is 6.10 Å². The molecule has 2 fully saturated rings. The third-order valence-electron chi connectivity index (χ3n) is 3.32. The van der Waals surface area contributed by atoms with E-state index in [4.69, 9.17) is 4.74 Å². The molecule has 1 heterocycles. The minimum absolute atomic E-state index is 0. The van der Waals surface area contributed by atoms with Gasteiger partial charge in [0.2, 0.25) is 0 Å². The van der Waals surface area contributed by atoms with Gasteiger partial charge in [-0.2, -0.15) is 0 Å². The van der Waals surface area contributed by atoms with E-state index in [0.717, 1.165) is 0 Å². The van der Waals surface area contributed by atoms with E-state index in [-0.39, 0.29) is 12.4 Å². The van der Waals surface area contributed by atoms with Crippen LogP contribution in [0.25, 0.3) is 0 Å². The Morgan fingerprint density at radius 2 is 1.83 bits per heavy atom. The quantitative estimate of drug-likeness (QED) is 0.680. The normalized spacial score (nSPS) is 27.8. The molecular weight excluding hydrogens is 174 g/mol. The van der Waals surface area contributed by atoms with Crippen molar-refractivity contribution in [2.75, 3.05) is 20.2 Å². The number of piperidine rings is 1. The van der Waals surface area contributed by atoms with Gasteiger partial charge in [-0.05, 0) is 44.2 Å². The summed E-state index contributed by atoms with van der Waals surface area (Å²) >= 11 is 0. The zero-order valence-corrected chi connectivity index (χ0v) is 8.45. The second-order valence-corrected chi connectivity index (χ2v) is 4.02. The van der Waals surface area contributed by atoms with Crippen molar-refractivity contribution in [3.8, 4) is 0 Å². The second kappa shape index (κ2) is 3.95. The summed E-state index contributed by atoms with van der Waals surface area (Å²) < 4.78 is 5.29. The Hall–Kier alpha value is 0.210. The SMILES string of the molecule is COC1CC2(CCNCC2)C1.Cl. The monoisotopic (exact) mass is 191 g/mol. The number of methoxy groups -OCH3 is 1. The van der Waals surface area contributed by atoms with E-state index >= 15 is 0 Å². The van der Waals surface area contributed by atoms with Crippen molar-refractivity contribution >= 4 is 12.4 Å². The Labute approximate surface area is 80.5 Å². The molecule has 1 saturated heterocycles. The molecule has 1 aliphatic carbocycles. The minimum Gasteiger partial charge on any atom is -0.381 e. The fourth-order valence-electron chi connectivity index (χ4n) is 2.44. The Morgan fingerprint density at radius 1 is 1.25 bits per heavy atom. The minimum atomic E-state index is 0. The van der Waals surface area contributed by atoms with Gasteiger partial charge >= 0.3 is 0 Å². The fourth-order valence-corrected chi connectivity index (χ4v) is 2.44. The average Bonchev–Trinajstić information content (AvgIpc) is 2.01. The summed E-state index contributed by atoms with van der Waals surface area (Å²) in [6.07, 6.45) is 5.93. The van der Waals surface area contributed by atoms with Crippen LogP contribution in [0, 0.1) is 5.41 Å². The van der Waals surface area contributed by atoms with Gasteiger partial charge in [-0.15, -0.1) is 12.4 Å². The van der Waals surface area contributed by atoms with Gasteiger partial charge in [0.15, 0.2) is 0 Å². The van der Waals surface area contributed by atoms with Gasteiger partial charge in [-0.1, -0.05) is 0 Å². The van der Waals surface area contributed by atoms with Gasteiger partial charge in [-0.25, -0.2) is 0 Å². The molecule has 0 aromatic carbocycles. The van der Waals surface area contributed by atoms with Crippen molar-refractivity contribution in [1.29, 1.82) is 0 Å². The van der Waals surface area contributed by atoms with E-state index in [0.29, 0.717) is 11.5 Å². The number of halogens is 1. The number of ether oxygens (including phenoxy) is 1. The third-order valence-corrected chi connectivity index (χ3v) is 3.32. The lowest BCUT2D eigenvalue weighted by Crippen LogP contribution is -2.48. The van der Waals surface area contributed by atoms with Crippen LogP contribution in [0.5, 0.6) is 0 Å². The Balaban J connectivity index is 0.000000720. The summed E-state index contributed by atoms with van der Waals surface area (Å²) in [7, 11) is 1.83. The van der Waals surface area contributed by atoms with Crippen LogP contribution in [0.4, 0.5) is 0 Å². The molecule has 1 spiro atoms. The zero-order valence-electron chi connectivity index (χ0n) is 7.64. The van der Waals surface area contributed by atoms with Crippen molar-refractivity contribution in [3.05, 3.63) is 0 Å². The molecule has 3 heteroatoms. The largest absolute Gasteiger partial charge is 0.381 e. The van der Waals surface area contributed by atoms with Crippen LogP contribution in [0.1, 0.15) is 25.7 Å². The molecule has 1 aliphatic heterocycles. The maximum Gasteiger partial charge on any atom is 0.0582 e. The zero-order chi connectivity index (χ0) is 7.73. The molecule has 0 radical (unpaired) electrons. The number of rotatable bonds is 1. The van der Waals surface area contributed by atoms with Crippen molar-refractivity contribution in [2.24, 2.45) is 5.41 Å². The maximum absolute atomic E-state index is 5.29. The van der Waals surface area contributed by atoms with Crippen molar-refractivity contribution in [3.63, 3.8) is 0 Å². The van der Waals surface area contributed by atoms with E-state index in [1.165, 1.54) is 38.8 Å². The Bertz CT molecular complexity index is 137. The highest BCUT2D eigenvalue weighted by Crippen LogP contribution is 2.48. The first-order valence-corrected chi connectivity index (χ1v) is 4.58. The standard InChI is InChI=1S/C9H17NO.ClH/c1-11-8-6-9(7-8)2-4-10-5-3-9;/h8,10H,2-7H2,1H3;1H. The maximum atomic E-state index is 5.29. The van der Waals surface area contributed by atoms with Gasteiger partial charge in [0, 0.05) is 7.11 Å². The van der Waals surface area contributed by atoms with Crippen molar-refractivity contribution in [1.82, 2.24) is 5.32 Å². The first-order chi connectivity index (χ1) is 5.35. The van der Waals surface area contributed by atoms with Crippen LogP contribution in [0.3, 0.4) is 0 Å². The summed E-state index contributed by atoms with van der Waals surface area (Å²) in [6, 6.07) is 0. The van der Waals surface area contributed by atoms with Crippen LogP contribution < -0.4 is 5.32 Å². The smallest absolute Gasteiger partial charge is 0.0582 e. The van der Waals surface area contributed by atoms with Gasteiger partial charge in [-0.3, -0.25) is 0 Å². The molecule has 0 amide bonds. The van der Waals surface area contributed by atoms with E-state index in [1.54, 1.807) is 0 Å². The molecule has 0 aromatic heterocycles. The third kappa shape index (κ3) is 1.76. The first kappa shape index (κ1) is 10.3. The van der Waals surface area contributed by atoms with Crippen LogP contribution in [0.15, 0.2) is 0 Å². The van der Waals surface area contributed by atoms with E-state index in [1.807, 2.05) is 7.11 Å². The van der Waals surface area contributed by atoms with Crippen LogP contribution in [-0.4, -0.2) is 26.3 Å². The lowest BCUT2D eigenvalue weighted by Gasteiger charge is -2.49. The molecule has 1 saturated carbocycles. The summed E-state index contributed by atoms with van der Waals surface area (Å²) in [4.78, 5) is 0. The van der Waals surface area contributed by atoms with Crippen LogP contribution in [-0.2, 0) is 4.74 Å². The molecular formula is C9H18ClNO. The highest BCUT2D eigenvalue weighted by atomic mass is 35.5. The molecule has 0 unspecified atom stereocenters. The predicted octanol–water partition coefficient (Wildman–Crippen LogP) is 1.59. The summed E-state index contributed by atoms with van der Waals surface area (Å²) in [5, 5.41) is 3.40. The average molecular weight is 192 g/mol. The van der Waals surface area contributed by atoms with Crippen molar-refractivity contribution < 1.29 is 4.74 Å². The van der Waals surface area contributed by atoms with Gasteiger partial charge < -0.3 is 10.1 Å². The number of hydrogen-bond acceptors (Lipinski definition) is 2. The highest BCUT2D eigenvalue weighted by Gasteiger charge is 2.44. The van der Waals surface area contributed by atoms with Crippen LogP contribution >= 0.6 is 12.4 Å². The lowest BCUT2D eigenvalue weighted by molar-refractivity contribution is -0.0735. The number of nitrogens with one attached hydrogen (secondary N) is 1. The Morgan fingerprint density at radius 3 is 2.33 bits per heavy atom. The van der Waals surface area contributed by atoms with E-state index in [2.05, 4.69) is 5.32 Å².